The molecule has 0 bridgehead atoms. The number of thiazole rings is 1. The number of nitrogens with zero attached hydrogens (tertiary/aromatic N) is 5. The molecule has 5 heterocycles. The molecule has 326 valence electrons. The molecule has 4 amide bonds. The Morgan fingerprint density at radius 3 is 2.47 bits per heavy atom. The number of nitrogens with one attached hydrogen (secondary N) is 4. The second kappa shape index (κ2) is 19.7. The minimum absolute atomic E-state index is 0.0196. The smallest absolute Gasteiger partial charge is 0.274 e. The van der Waals surface area contributed by atoms with Gasteiger partial charge in [-0.15, -0.1) is 11.3 Å². The van der Waals surface area contributed by atoms with Crippen LogP contribution in [0.3, 0.4) is 0 Å². The fourth-order valence-corrected chi connectivity index (χ4v) is 8.70. The van der Waals surface area contributed by atoms with Gasteiger partial charge in [-0.05, 0) is 79.5 Å². The number of pyridine rings is 1. The predicted octanol–water partition coefficient (Wildman–Crippen LogP) is 6.38. The Morgan fingerprint density at radius 1 is 0.984 bits per heavy atom. The van der Waals surface area contributed by atoms with E-state index in [1.807, 2.05) is 75.7 Å². The number of hydrogen-bond acceptors (Lipinski definition) is 11. The van der Waals surface area contributed by atoms with Crippen molar-refractivity contribution in [3.8, 4) is 27.6 Å². The third-order valence-corrected chi connectivity index (χ3v) is 12.3. The monoisotopic (exact) mass is 861 g/mol. The molecule has 2 aliphatic rings. The Kier molecular flexibility index (Phi) is 14.0. The third kappa shape index (κ3) is 10.7. The van der Waals surface area contributed by atoms with Gasteiger partial charge in [-0.25, -0.2) is 9.97 Å². The SMILES string of the molecule is COc1cc(N2CCC(OCCC(=O)N[C@H](C(=O)N3CCC[C@H]3C(=O)NCc3ccc(-c4scnc4C)cc3)C(C)(C)C)CC2)ccc1NC(=O)c1cccc(-c2ccn[nH]2)n1. The number of benzene rings is 2. The molecular weight excluding hydrogens is 807 g/mol. The Morgan fingerprint density at radius 2 is 1.77 bits per heavy atom. The topological polar surface area (TPSA) is 184 Å². The number of anilines is 2. The number of aromatic amines is 1. The number of amides is 4. The van der Waals surface area contributed by atoms with E-state index in [0.717, 1.165) is 53.3 Å². The number of rotatable bonds is 15. The summed E-state index contributed by atoms with van der Waals surface area (Å²) >= 11 is 1.60. The minimum atomic E-state index is -0.804. The molecule has 7 rings (SSSR count). The van der Waals surface area contributed by atoms with E-state index in [2.05, 4.69) is 41.0 Å². The number of aromatic nitrogens is 4. The number of ether oxygens (including phenoxy) is 2. The Labute approximate surface area is 366 Å². The van der Waals surface area contributed by atoms with Crippen LogP contribution in [0.1, 0.15) is 74.6 Å². The highest BCUT2D eigenvalue weighted by molar-refractivity contribution is 7.13. The van der Waals surface area contributed by atoms with Crippen LogP contribution in [-0.2, 0) is 25.7 Å². The summed E-state index contributed by atoms with van der Waals surface area (Å²) in [6.45, 7) is 10.3. The van der Waals surface area contributed by atoms with Crippen molar-refractivity contribution in [2.45, 2.75) is 84.5 Å². The van der Waals surface area contributed by atoms with Gasteiger partial charge in [0.25, 0.3) is 5.91 Å². The van der Waals surface area contributed by atoms with Gasteiger partial charge in [0.1, 0.15) is 23.5 Å². The molecule has 16 heteroatoms. The van der Waals surface area contributed by atoms with Crippen molar-refractivity contribution >= 4 is 46.3 Å². The van der Waals surface area contributed by atoms with Crippen molar-refractivity contribution in [2.75, 3.05) is 43.6 Å². The van der Waals surface area contributed by atoms with E-state index in [9.17, 15) is 19.2 Å². The average Bonchev–Trinajstić information content (AvgIpc) is 4.08. The van der Waals surface area contributed by atoms with Gasteiger partial charge >= 0.3 is 0 Å². The number of piperidine rings is 1. The van der Waals surface area contributed by atoms with E-state index in [1.165, 1.54) is 0 Å². The Balaban J connectivity index is 0.854. The normalized spacial score (nSPS) is 16.2. The molecule has 2 saturated heterocycles. The average molecular weight is 862 g/mol. The molecule has 4 N–H and O–H groups in total. The first kappa shape index (κ1) is 43.9. The van der Waals surface area contributed by atoms with Gasteiger partial charge in [0.2, 0.25) is 17.7 Å². The summed E-state index contributed by atoms with van der Waals surface area (Å²) in [5, 5.41) is 15.8. The lowest BCUT2D eigenvalue weighted by molar-refractivity contribution is -0.144. The molecule has 2 aliphatic heterocycles. The van der Waals surface area contributed by atoms with Crippen LogP contribution in [0.2, 0.25) is 0 Å². The maximum absolute atomic E-state index is 14.0. The van der Waals surface area contributed by atoms with E-state index in [-0.39, 0.29) is 48.5 Å². The molecule has 15 nitrogen and oxygen atoms in total. The fraction of sp³-hybridized carbons (Fsp3) is 0.413. The van der Waals surface area contributed by atoms with Crippen LogP contribution in [0.15, 0.2) is 78.4 Å². The van der Waals surface area contributed by atoms with Gasteiger partial charge in [-0.1, -0.05) is 51.1 Å². The maximum atomic E-state index is 14.0. The minimum Gasteiger partial charge on any atom is -0.494 e. The summed E-state index contributed by atoms with van der Waals surface area (Å²) in [6, 6.07) is 19.4. The number of hydrogen-bond donors (Lipinski definition) is 4. The molecule has 0 unspecified atom stereocenters. The van der Waals surface area contributed by atoms with Gasteiger partial charge in [0.15, 0.2) is 0 Å². The van der Waals surface area contributed by atoms with Crippen molar-refractivity contribution < 1.29 is 28.7 Å². The van der Waals surface area contributed by atoms with Crippen LogP contribution >= 0.6 is 11.3 Å². The first-order chi connectivity index (χ1) is 29.9. The molecule has 2 fully saturated rings. The number of aryl methyl sites for hydroxylation is 1. The van der Waals surface area contributed by atoms with Crippen LogP contribution < -0.4 is 25.6 Å². The van der Waals surface area contributed by atoms with Crippen LogP contribution in [0.4, 0.5) is 11.4 Å². The molecule has 62 heavy (non-hydrogen) atoms. The van der Waals surface area contributed by atoms with Crippen molar-refractivity contribution in [2.24, 2.45) is 5.41 Å². The summed E-state index contributed by atoms with van der Waals surface area (Å²) in [6.07, 6.45) is 4.53. The highest BCUT2D eigenvalue weighted by atomic mass is 32.1. The fourth-order valence-electron chi connectivity index (χ4n) is 7.89. The summed E-state index contributed by atoms with van der Waals surface area (Å²) in [4.78, 5) is 67.7. The van der Waals surface area contributed by atoms with Gasteiger partial charge in [0, 0.05) is 50.6 Å². The summed E-state index contributed by atoms with van der Waals surface area (Å²) in [5.74, 6) is -0.545. The summed E-state index contributed by atoms with van der Waals surface area (Å²) < 4.78 is 11.8. The standard InChI is InChI=1S/C46H55N9O6S/c1-29-41(62-28-48-29)31-13-11-30(12-14-31)27-47-44(58)38-10-7-22-55(38)45(59)42(46(2,3)4)52-40(56)20-25-61-33-18-23-54(24-19-33)32-15-16-36(39(26-32)60-5)51-43(57)37-9-6-8-34(50-37)35-17-21-49-53-35/h6,8-9,11-17,21,26,28,33,38,42H,7,10,18-20,22-25,27H2,1-5H3,(H,47,58)(H,49,53)(H,51,57)(H,52,56)/t38-,42+/m0/s1. The Hall–Kier alpha value is -6.13. The summed E-state index contributed by atoms with van der Waals surface area (Å²) in [5.41, 5.74) is 7.37. The molecule has 2 atom stereocenters. The van der Waals surface area contributed by atoms with Gasteiger partial charge < -0.3 is 35.2 Å². The molecule has 0 radical (unpaired) electrons. The second-order valence-corrected chi connectivity index (χ2v) is 17.6. The van der Waals surface area contributed by atoms with E-state index < -0.39 is 17.5 Å². The van der Waals surface area contributed by atoms with Gasteiger partial charge in [-0.3, -0.25) is 24.3 Å². The molecule has 0 saturated carbocycles. The van der Waals surface area contributed by atoms with Crippen LogP contribution in [0.25, 0.3) is 21.8 Å². The van der Waals surface area contributed by atoms with Crippen molar-refractivity contribution in [1.82, 2.24) is 35.7 Å². The predicted molar refractivity (Wildman–Crippen MR) is 239 cm³/mol. The summed E-state index contributed by atoms with van der Waals surface area (Å²) in [7, 11) is 1.57. The van der Waals surface area contributed by atoms with Gasteiger partial charge in [0.05, 0.1) is 53.0 Å². The number of carbonyl (C=O) groups is 4. The van der Waals surface area contributed by atoms with E-state index in [0.29, 0.717) is 48.8 Å². The molecule has 5 aromatic rings. The lowest BCUT2D eigenvalue weighted by Gasteiger charge is -2.35. The van der Waals surface area contributed by atoms with E-state index >= 15 is 0 Å². The van der Waals surface area contributed by atoms with Gasteiger partial charge in [-0.2, -0.15) is 5.10 Å². The lowest BCUT2D eigenvalue weighted by atomic mass is 9.85. The molecule has 0 spiro atoms. The molecule has 2 aromatic carbocycles. The van der Waals surface area contributed by atoms with Crippen LogP contribution in [0.5, 0.6) is 5.75 Å². The third-order valence-electron chi connectivity index (χ3n) is 11.4. The van der Waals surface area contributed by atoms with Crippen LogP contribution in [-0.4, -0.2) is 100 Å². The van der Waals surface area contributed by atoms with Crippen molar-refractivity contribution in [1.29, 1.82) is 0 Å². The number of carbonyl (C=O) groups excluding carboxylic acids is 4. The first-order valence-electron chi connectivity index (χ1n) is 21.1. The van der Waals surface area contributed by atoms with Crippen LogP contribution in [0, 0.1) is 12.3 Å². The maximum Gasteiger partial charge on any atom is 0.274 e. The Bertz CT molecular complexity index is 2330. The zero-order valence-corrected chi connectivity index (χ0v) is 36.7. The number of methoxy groups -OCH3 is 1. The van der Waals surface area contributed by atoms with Crippen molar-refractivity contribution in [3.05, 3.63) is 95.4 Å². The van der Waals surface area contributed by atoms with E-state index in [1.54, 1.807) is 53.8 Å². The number of likely N-dealkylation sites (tertiary alicyclic amines) is 1. The second-order valence-electron chi connectivity index (χ2n) is 16.8. The lowest BCUT2D eigenvalue weighted by Crippen LogP contribution is -2.57. The highest BCUT2D eigenvalue weighted by Crippen LogP contribution is 2.33. The van der Waals surface area contributed by atoms with Crippen molar-refractivity contribution in [3.63, 3.8) is 0 Å². The molecule has 3 aromatic heterocycles. The quantitative estimate of drug-likeness (QED) is 0.0922. The number of H-pyrrole nitrogens is 1. The molecular formula is C46H55N9O6S. The zero-order valence-electron chi connectivity index (χ0n) is 35.9. The highest BCUT2D eigenvalue weighted by Gasteiger charge is 2.41. The van der Waals surface area contributed by atoms with E-state index in [4.69, 9.17) is 9.47 Å². The largest absolute Gasteiger partial charge is 0.494 e. The first-order valence-corrected chi connectivity index (χ1v) is 22.0. The zero-order chi connectivity index (χ0) is 43.8. The molecule has 0 aliphatic carbocycles.